The number of ether oxygens (including phenoxy) is 2. The molecule has 7 nitrogen and oxygen atoms in total. The minimum absolute atomic E-state index is 0.106. The van der Waals surface area contributed by atoms with Crippen molar-refractivity contribution in [3.63, 3.8) is 0 Å². The number of nitrogens with zero attached hydrogens (tertiary/aromatic N) is 4. The van der Waals surface area contributed by atoms with Crippen LogP contribution in [0.5, 0.6) is 11.5 Å². The Morgan fingerprint density at radius 3 is 2.48 bits per heavy atom. The maximum atomic E-state index is 13.9. The van der Waals surface area contributed by atoms with E-state index in [0.717, 1.165) is 54.7 Å². The molecule has 1 amide bonds. The van der Waals surface area contributed by atoms with Gasteiger partial charge in [0.05, 0.1) is 26.0 Å². The van der Waals surface area contributed by atoms with Gasteiger partial charge in [-0.2, -0.15) is 0 Å². The summed E-state index contributed by atoms with van der Waals surface area (Å²) in [6.45, 7) is 2.76. The fourth-order valence-corrected chi connectivity index (χ4v) is 4.45. The van der Waals surface area contributed by atoms with Gasteiger partial charge in [0.2, 0.25) is 0 Å². The number of aryl methyl sites for hydroxylation is 1. The van der Waals surface area contributed by atoms with Gasteiger partial charge in [-0.3, -0.25) is 9.78 Å². The normalized spacial score (nSPS) is 15.8. The number of hydrogen-bond acceptors (Lipinski definition) is 6. The third-order valence-corrected chi connectivity index (χ3v) is 6.05. The average Bonchev–Trinajstić information content (AvgIpc) is 2.88. The van der Waals surface area contributed by atoms with Crippen LogP contribution in [0.4, 0.5) is 0 Å². The van der Waals surface area contributed by atoms with Crippen molar-refractivity contribution in [1.82, 2.24) is 19.9 Å². The van der Waals surface area contributed by atoms with E-state index in [-0.39, 0.29) is 11.9 Å². The van der Waals surface area contributed by atoms with Crippen LogP contribution in [0.25, 0.3) is 11.1 Å². The highest BCUT2D eigenvalue weighted by Gasteiger charge is 2.34. The van der Waals surface area contributed by atoms with Crippen molar-refractivity contribution in [2.75, 3.05) is 20.8 Å². The van der Waals surface area contributed by atoms with Crippen molar-refractivity contribution in [1.29, 1.82) is 0 Å². The largest absolute Gasteiger partial charge is 0.496 e. The molecule has 1 aromatic carbocycles. The zero-order valence-electron chi connectivity index (χ0n) is 19.5. The van der Waals surface area contributed by atoms with E-state index in [4.69, 9.17) is 14.5 Å². The van der Waals surface area contributed by atoms with Gasteiger partial charge in [0.15, 0.2) is 0 Å². The Hall–Kier alpha value is -3.48. The first-order chi connectivity index (χ1) is 16.2. The number of amides is 1. The minimum atomic E-state index is -0.164. The molecule has 33 heavy (non-hydrogen) atoms. The van der Waals surface area contributed by atoms with Crippen LogP contribution in [-0.4, -0.2) is 46.5 Å². The number of hydrogen-bond donors (Lipinski definition) is 0. The number of carbonyl (C=O) groups is 1. The fraction of sp³-hybridized carbons (Fsp3) is 0.385. The van der Waals surface area contributed by atoms with Crippen LogP contribution < -0.4 is 9.47 Å². The molecule has 4 rings (SSSR count). The van der Waals surface area contributed by atoms with Crippen molar-refractivity contribution in [3.8, 4) is 22.6 Å². The number of benzene rings is 1. The van der Waals surface area contributed by atoms with Crippen molar-refractivity contribution in [2.24, 2.45) is 0 Å². The van der Waals surface area contributed by atoms with Crippen LogP contribution in [-0.2, 0) is 6.42 Å². The number of aromatic nitrogens is 3. The van der Waals surface area contributed by atoms with Gasteiger partial charge in [0.1, 0.15) is 22.9 Å². The van der Waals surface area contributed by atoms with E-state index >= 15 is 0 Å². The molecular weight excluding hydrogens is 416 g/mol. The van der Waals surface area contributed by atoms with Gasteiger partial charge in [-0.1, -0.05) is 13.0 Å². The Balaban J connectivity index is 1.81. The van der Waals surface area contributed by atoms with Gasteiger partial charge in [-0.25, -0.2) is 9.97 Å². The Kier molecular flexibility index (Phi) is 7.17. The smallest absolute Gasteiger partial charge is 0.261 e. The summed E-state index contributed by atoms with van der Waals surface area (Å²) in [6, 6.07) is 9.16. The second-order valence-electron chi connectivity index (χ2n) is 8.12. The van der Waals surface area contributed by atoms with Gasteiger partial charge in [-0.15, -0.1) is 0 Å². The lowest BCUT2D eigenvalue weighted by atomic mass is 9.93. The van der Waals surface area contributed by atoms with Crippen molar-refractivity contribution >= 4 is 5.91 Å². The lowest BCUT2D eigenvalue weighted by Crippen LogP contribution is -2.39. The average molecular weight is 447 g/mol. The van der Waals surface area contributed by atoms with E-state index in [1.807, 2.05) is 29.3 Å². The molecule has 0 unspecified atom stereocenters. The van der Waals surface area contributed by atoms with Crippen LogP contribution in [0.15, 0.2) is 48.9 Å². The van der Waals surface area contributed by atoms with Gasteiger partial charge < -0.3 is 14.4 Å². The highest BCUT2D eigenvalue weighted by molar-refractivity contribution is 6.00. The molecule has 0 bridgehead atoms. The summed E-state index contributed by atoms with van der Waals surface area (Å²) in [5.74, 6) is 1.71. The van der Waals surface area contributed by atoms with Crippen molar-refractivity contribution in [3.05, 3.63) is 66.0 Å². The van der Waals surface area contributed by atoms with E-state index in [1.54, 1.807) is 38.7 Å². The lowest BCUT2D eigenvalue weighted by molar-refractivity contribution is 0.0599. The molecule has 0 N–H and O–H groups in total. The molecule has 172 valence electrons. The van der Waals surface area contributed by atoms with Gasteiger partial charge in [0.25, 0.3) is 5.91 Å². The maximum Gasteiger partial charge on any atom is 0.261 e. The summed E-state index contributed by atoms with van der Waals surface area (Å²) in [5.41, 5.74) is 3.27. The first-order valence-electron chi connectivity index (χ1n) is 11.5. The first kappa shape index (κ1) is 22.7. The summed E-state index contributed by atoms with van der Waals surface area (Å²) < 4.78 is 11.0. The lowest BCUT2D eigenvalue weighted by Gasteiger charge is -2.37. The molecule has 0 spiro atoms. The summed E-state index contributed by atoms with van der Waals surface area (Å²) in [4.78, 5) is 29.6. The number of methoxy groups -OCH3 is 2. The van der Waals surface area contributed by atoms with Gasteiger partial charge in [0, 0.05) is 37.1 Å². The summed E-state index contributed by atoms with van der Waals surface area (Å²) >= 11 is 0. The Morgan fingerprint density at radius 2 is 1.82 bits per heavy atom. The number of rotatable bonds is 7. The molecule has 1 saturated heterocycles. The number of carbonyl (C=O) groups excluding carboxylic acids is 1. The monoisotopic (exact) mass is 446 g/mol. The summed E-state index contributed by atoms with van der Waals surface area (Å²) in [6.07, 6.45) is 9.99. The van der Waals surface area contributed by atoms with Crippen LogP contribution in [0.2, 0.25) is 0 Å². The molecule has 1 fully saturated rings. The van der Waals surface area contributed by atoms with Crippen LogP contribution in [0.1, 0.15) is 60.5 Å². The van der Waals surface area contributed by atoms with Crippen molar-refractivity contribution in [2.45, 2.75) is 45.1 Å². The molecule has 3 heterocycles. The maximum absolute atomic E-state index is 13.9. The van der Waals surface area contributed by atoms with Crippen LogP contribution in [0, 0.1) is 0 Å². The molecule has 1 aliphatic rings. The third kappa shape index (κ3) is 4.67. The zero-order chi connectivity index (χ0) is 23.2. The Morgan fingerprint density at radius 1 is 1.09 bits per heavy atom. The van der Waals surface area contributed by atoms with Gasteiger partial charge in [-0.05, 0) is 55.5 Å². The number of piperidine rings is 1. The summed E-state index contributed by atoms with van der Waals surface area (Å²) in [7, 11) is 3.14. The predicted molar refractivity (Wildman–Crippen MR) is 126 cm³/mol. The van der Waals surface area contributed by atoms with Crippen LogP contribution in [0.3, 0.4) is 0 Å². The second kappa shape index (κ2) is 10.4. The molecular formula is C26H30N4O3. The Labute approximate surface area is 194 Å². The molecule has 7 heteroatoms. The van der Waals surface area contributed by atoms with Crippen molar-refractivity contribution < 1.29 is 14.3 Å². The Bertz CT molecular complexity index is 1080. The molecule has 0 radical (unpaired) electrons. The molecule has 3 aromatic rings. The molecule has 0 aliphatic carbocycles. The summed E-state index contributed by atoms with van der Waals surface area (Å²) in [5, 5.41) is 0. The number of pyridine rings is 1. The highest BCUT2D eigenvalue weighted by Crippen LogP contribution is 2.39. The SMILES string of the molecule is CCCc1ncc(-c2ccncc2)c([C@H]2CCCCN2C(=O)c2c(OC)cccc2OC)n1. The van der Waals surface area contributed by atoms with E-state index in [0.29, 0.717) is 23.6 Å². The predicted octanol–water partition coefficient (Wildman–Crippen LogP) is 4.88. The van der Waals surface area contributed by atoms with E-state index < -0.39 is 0 Å². The fourth-order valence-electron chi connectivity index (χ4n) is 4.45. The van der Waals surface area contributed by atoms with E-state index in [1.165, 1.54) is 0 Å². The first-order valence-corrected chi connectivity index (χ1v) is 11.5. The second-order valence-corrected chi connectivity index (χ2v) is 8.12. The zero-order valence-corrected chi connectivity index (χ0v) is 19.5. The minimum Gasteiger partial charge on any atom is -0.496 e. The molecule has 0 saturated carbocycles. The molecule has 2 aromatic heterocycles. The van der Waals surface area contributed by atoms with Gasteiger partial charge >= 0.3 is 0 Å². The molecule has 1 aliphatic heterocycles. The van der Waals surface area contributed by atoms with E-state index in [2.05, 4.69) is 16.9 Å². The third-order valence-electron chi connectivity index (χ3n) is 6.05. The number of likely N-dealkylation sites (tertiary alicyclic amines) is 1. The standard InChI is InChI=1S/C26H30N4O3/c1-4-8-23-28-17-19(18-12-14-27-15-13-18)25(29-23)20-9-5-6-16-30(20)26(31)24-21(32-2)10-7-11-22(24)33-3/h7,10-15,17,20H,4-6,8-9,16H2,1-3H3/t20-/m1/s1. The topological polar surface area (TPSA) is 77.4 Å². The van der Waals surface area contributed by atoms with Crippen LogP contribution >= 0.6 is 0 Å². The van der Waals surface area contributed by atoms with E-state index in [9.17, 15) is 4.79 Å². The highest BCUT2D eigenvalue weighted by atomic mass is 16.5. The quantitative estimate of drug-likeness (QED) is 0.515. The molecule has 1 atom stereocenters.